The van der Waals surface area contributed by atoms with E-state index in [0.717, 1.165) is 23.2 Å². The molecule has 0 spiro atoms. The standard InChI is InChI=1S/C29H27NO3/c1-3-20-7-9-21(10-8-20)5-4-6-22-13-16-27-26(18-22)28(31)25(19-30(27)2)17-23-11-14-24(15-12-23)29(32)33/h7-16,18,25H,3,5,17,19H2,1-2H3,(H,32,33). The Morgan fingerprint density at radius 3 is 2.33 bits per heavy atom. The van der Waals surface area contributed by atoms with Crippen LogP contribution in [0.4, 0.5) is 5.69 Å². The molecule has 166 valence electrons. The van der Waals surface area contributed by atoms with Gasteiger partial charge in [-0.05, 0) is 59.9 Å². The Hall–Kier alpha value is -3.84. The summed E-state index contributed by atoms with van der Waals surface area (Å²) in [6.45, 7) is 2.77. The van der Waals surface area contributed by atoms with Crippen LogP contribution in [-0.4, -0.2) is 30.5 Å². The van der Waals surface area contributed by atoms with Crippen molar-refractivity contribution in [2.75, 3.05) is 18.5 Å². The van der Waals surface area contributed by atoms with Crippen LogP contribution in [0.5, 0.6) is 0 Å². The van der Waals surface area contributed by atoms with E-state index in [4.69, 9.17) is 5.11 Å². The number of carbonyl (C=O) groups excluding carboxylic acids is 1. The zero-order chi connectivity index (χ0) is 23.4. The van der Waals surface area contributed by atoms with E-state index in [9.17, 15) is 9.59 Å². The Morgan fingerprint density at radius 1 is 1.00 bits per heavy atom. The Kier molecular flexibility index (Phi) is 6.60. The zero-order valence-electron chi connectivity index (χ0n) is 19.0. The van der Waals surface area contributed by atoms with Gasteiger partial charge in [-0.2, -0.15) is 0 Å². The number of aryl methyl sites for hydroxylation is 1. The molecule has 0 saturated carbocycles. The minimum absolute atomic E-state index is 0.115. The molecule has 0 aromatic heterocycles. The number of Topliss-reactive ketones (excluding diaryl/α,β-unsaturated/α-hetero) is 1. The largest absolute Gasteiger partial charge is 0.478 e. The molecule has 1 heterocycles. The molecule has 0 bridgehead atoms. The fraction of sp³-hybridized carbons (Fsp3) is 0.241. The number of fused-ring (bicyclic) bond motifs is 1. The summed E-state index contributed by atoms with van der Waals surface area (Å²) >= 11 is 0. The Morgan fingerprint density at radius 2 is 1.67 bits per heavy atom. The number of nitrogens with zero attached hydrogens (tertiary/aromatic N) is 1. The molecule has 0 amide bonds. The van der Waals surface area contributed by atoms with Gasteiger partial charge in [-0.3, -0.25) is 4.79 Å². The SMILES string of the molecule is CCc1ccc(CC#Cc2ccc3c(c2)C(=O)C(Cc2ccc(C(=O)O)cc2)CN3C)cc1. The lowest BCUT2D eigenvalue weighted by Gasteiger charge is -2.32. The topological polar surface area (TPSA) is 57.6 Å². The average molecular weight is 438 g/mol. The predicted molar refractivity (Wildman–Crippen MR) is 131 cm³/mol. The Bertz CT molecular complexity index is 1230. The highest BCUT2D eigenvalue weighted by molar-refractivity contribution is 6.05. The van der Waals surface area contributed by atoms with E-state index in [1.54, 1.807) is 24.3 Å². The van der Waals surface area contributed by atoms with Gasteiger partial charge in [-0.25, -0.2) is 4.79 Å². The quantitative estimate of drug-likeness (QED) is 0.569. The van der Waals surface area contributed by atoms with Gasteiger partial charge in [-0.1, -0.05) is 55.2 Å². The molecule has 4 rings (SSSR count). The zero-order valence-corrected chi connectivity index (χ0v) is 19.0. The van der Waals surface area contributed by atoms with Crippen LogP contribution in [0.1, 0.15) is 49.9 Å². The van der Waals surface area contributed by atoms with Gasteiger partial charge in [0.05, 0.1) is 5.56 Å². The highest BCUT2D eigenvalue weighted by Crippen LogP contribution is 2.31. The van der Waals surface area contributed by atoms with Crippen molar-refractivity contribution in [2.45, 2.75) is 26.2 Å². The van der Waals surface area contributed by atoms with E-state index in [1.807, 2.05) is 25.2 Å². The summed E-state index contributed by atoms with van der Waals surface area (Å²) in [5, 5.41) is 9.08. The molecule has 1 unspecified atom stereocenters. The lowest BCUT2D eigenvalue weighted by atomic mass is 9.86. The van der Waals surface area contributed by atoms with E-state index in [1.165, 1.54) is 11.1 Å². The molecule has 3 aromatic carbocycles. The molecule has 0 saturated heterocycles. The van der Waals surface area contributed by atoms with Gasteiger partial charge in [-0.15, -0.1) is 0 Å². The second-order valence-electron chi connectivity index (χ2n) is 8.53. The number of hydrogen-bond acceptors (Lipinski definition) is 3. The highest BCUT2D eigenvalue weighted by Gasteiger charge is 2.30. The third-order valence-electron chi connectivity index (χ3n) is 6.18. The number of benzene rings is 3. The van der Waals surface area contributed by atoms with Crippen molar-refractivity contribution < 1.29 is 14.7 Å². The maximum absolute atomic E-state index is 13.3. The van der Waals surface area contributed by atoms with Gasteiger partial charge in [0, 0.05) is 42.7 Å². The van der Waals surface area contributed by atoms with Gasteiger partial charge in [0.25, 0.3) is 0 Å². The van der Waals surface area contributed by atoms with Gasteiger partial charge in [0.2, 0.25) is 0 Å². The first-order valence-corrected chi connectivity index (χ1v) is 11.2. The first kappa shape index (κ1) is 22.4. The molecule has 4 nitrogen and oxygen atoms in total. The first-order valence-electron chi connectivity index (χ1n) is 11.2. The molecule has 3 aromatic rings. The van der Waals surface area contributed by atoms with Gasteiger partial charge < -0.3 is 10.0 Å². The van der Waals surface area contributed by atoms with Crippen molar-refractivity contribution in [2.24, 2.45) is 5.92 Å². The maximum atomic E-state index is 13.3. The summed E-state index contributed by atoms with van der Waals surface area (Å²) in [6.07, 6.45) is 2.27. The second-order valence-corrected chi connectivity index (χ2v) is 8.53. The monoisotopic (exact) mass is 437 g/mol. The predicted octanol–water partition coefficient (Wildman–Crippen LogP) is 5.03. The summed E-state index contributed by atoms with van der Waals surface area (Å²) < 4.78 is 0. The maximum Gasteiger partial charge on any atom is 0.335 e. The van der Waals surface area contributed by atoms with Crippen LogP contribution in [0.3, 0.4) is 0 Å². The highest BCUT2D eigenvalue weighted by atomic mass is 16.4. The van der Waals surface area contributed by atoms with Crippen molar-refractivity contribution in [3.05, 3.63) is 100 Å². The minimum Gasteiger partial charge on any atom is -0.478 e. The summed E-state index contributed by atoms with van der Waals surface area (Å²) in [7, 11) is 2.00. The first-order chi connectivity index (χ1) is 15.9. The van der Waals surface area contributed by atoms with E-state index < -0.39 is 5.97 Å². The average Bonchev–Trinajstić information content (AvgIpc) is 2.83. The minimum atomic E-state index is -0.949. The van der Waals surface area contributed by atoms with Crippen LogP contribution in [0, 0.1) is 17.8 Å². The van der Waals surface area contributed by atoms with Gasteiger partial charge in [0.15, 0.2) is 5.78 Å². The molecule has 1 aliphatic heterocycles. The number of carbonyl (C=O) groups is 2. The van der Waals surface area contributed by atoms with Crippen LogP contribution in [0.15, 0.2) is 66.7 Å². The van der Waals surface area contributed by atoms with E-state index in [-0.39, 0.29) is 17.3 Å². The van der Waals surface area contributed by atoms with Crippen LogP contribution in [0.2, 0.25) is 0 Å². The van der Waals surface area contributed by atoms with Crippen LogP contribution < -0.4 is 4.90 Å². The molecule has 0 fully saturated rings. The molecular formula is C29H27NO3. The summed E-state index contributed by atoms with van der Waals surface area (Å²) in [5.41, 5.74) is 6.18. The van der Waals surface area contributed by atoms with Crippen LogP contribution >= 0.6 is 0 Å². The fourth-order valence-electron chi connectivity index (χ4n) is 4.24. The number of anilines is 1. The van der Waals surface area contributed by atoms with Crippen molar-refractivity contribution >= 4 is 17.4 Å². The molecule has 4 heteroatoms. The van der Waals surface area contributed by atoms with Crippen LogP contribution in [-0.2, 0) is 19.3 Å². The summed E-state index contributed by atoms with van der Waals surface area (Å²) in [5.74, 6) is 5.43. The number of hydrogen-bond donors (Lipinski definition) is 1. The van der Waals surface area contributed by atoms with E-state index in [2.05, 4.69) is 47.9 Å². The van der Waals surface area contributed by atoms with Crippen molar-refractivity contribution in [3.8, 4) is 11.8 Å². The lowest BCUT2D eigenvalue weighted by Crippen LogP contribution is -2.37. The molecule has 1 N–H and O–H groups in total. The number of carboxylic acids is 1. The van der Waals surface area contributed by atoms with E-state index in [0.29, 0.717) is 24.9 Å². The van der Waals surface area contributed by atoms with Gasteiger partial charge in [0.1, 0.15) is 0 Å². The molecule has 0 aliphatic carbocycles. The molecule has 1 aliphatic rings. The molecule has 1 atom stereocenters. The molecule has 0 radical (unpaired) electrons. The Balaban J connectivity index is 1.50. The number of rotatable bonds is 5. The third-order valence-corrected chi connectivity index (χ3v) is 6.18. The normalized spacial score (nSPS) is 14.9. The Labute approximate surface area is 194 Å². The number of ketones is 1. The smallest absolute Gasteiger partial charge is 0.335 e. The van der Waals surface area contributed by atoms with E-state index >= 15 is 0 Å². The lowest BCUT2D eigenvalue weighted by molar-refractivity contribution is 0.0696. The third kappa shape index (κ3) is 5.15. The van der Waals surface area contributed by atoms with Crippen molar-refractivity contribution in [1.29, 1.82) is 0 Å². The van der Waals surface area contributed by atoms with Crippen LogP contribution in [0.25, 0.3) is 0 Å². The number of aromatic carboxylic acids is 1. The summed E-state index contributed by atoms with van der Waals surface area (Å²) in [4.78, 5) is 26.5. The number of carboxylic acid groups (broad SMARTS) is 1. The summed E-state index contributed by atoms with van der Waals surface area (Å²) in [6, 6.07) is 21.1. The van der Waals surface area contributed by atoms with Gasteiger partial charge >= 0.3 is 5.97 Å². The van der Waals surface area contributed by atoms with Crippen molar-refractivity contribution in [1.82, 2.24) is 0 Å². The van der Waals surface area contributed by atoms with Crippen molar-refractivity contribution in [3.63, 3.8) is 0 Å². The molecule has 33 heavy (non-hydrogen) atoms. The second kappa shape index (κ2) is 9.75. The fourth-order valence-corrected chi connectivity index (χ4v) is 4.24. The molecular weight excluding hydrogens is 410 g/mol.